The van der Waals surface area contributed by atoms with Crippen molar-refractivity contribution in [3.8, 4) is 11.1 Å². The zero-order valence-electron chi connectivity index (χ0n) is 8.99. The predicted octanol–water partition coefficient (Wildman–Crippen LogP) is 3.51. The largest absolute Gasteiger partial charge is 0.467 e. The van der Waals surface area contributed by atoms with Crippen LogP contribution in [0, 0.1) is 0 Å². The van der Waals surface area contributed by atoms with Crippen molar-refractivity contribution in [2.45, 2.75) is 26.4 Å². The van der Waals surface area contributed by atoms with Gasteiger partial charge in [-0.25, -0.2) is 0 Å². The number of hydrogen-bond acceptors (Lipinski definition) is 3. The van der Waals surface area contributed by atoms with E-state index in [1.54, 1.807) is 17.6 Å². The van der Waals surface area contributed by atoms with Crippen molar-refractivity contribution in [3.05, 3.63) is 34.9 Å². The van der Waals surface area contributed by atoms with E-state index in [1.165, 1.54) is 11.1 Å². The molecule has 2 aromatic heterocycles. The first-order valence-corrected chi connectivity index (χ1v) is 6.04. The molecule has 0 amide bonds. The highest BCUT2D eigenvalue weighted by Gasteiger charge is 2.08. The highest BCUT2D eigenvalue weighted by atomic mass is 32.1. The normalized spacial score (nSPS) is 11.1. The van der Waals surface area contributed by atoms with Gasteiger partial charge in [0.05, 0.1) is 12.8 Å². The third-order valence-electron chi connectivity index (χ3n) is 2.25. The Morgan fingerprint density at radius 1 is 1.40 bits per heavy atom. The number of hydrogen-bond donors (Lipinski definition) is 1. The molecule has 2 heterocycles. The Balaban J connectivity index is 2.16. The Hall–Kier alpha value is -1.06. The minimum Gasteiger partial charge on any atom is -0.467 e. The number of thiophene rings is 1. The van der Waals surface area contributed by atoms with Crippen molar-refractivity contribution >= 4 is 11.3 Å². The molecule has 0 spiro atoms. The van der Waals surface area contributed by atoms with Gasteiger partial charge >= 0.3 is 0 Å². The Morgan fingerprint density at radius 3 is 2.93 bits per heavy atom. The van der Waals surface area contributed by atoms with Crippen molar-refractivity contribution in [2.24, 2.45) is 0 Å². The molecular weight excluding hydrogens is 206 g/mol. The van der Waals surface area contributed by atoms with Gasteiger partial charge in [-0.2, -0.15) is 11.3 Å². The zero-order chi connectivity index (χ0) is 10.7. The van der Waals surface area contributed by atoms with Gasteiger partial charge in [0.25, 0.3) is 0 Å². The van der Waals surface area contributed by atoms with Crippen LogP contribution in [0.1, 0.15) is 19.6 Å². The summed E-state index contributed by atoms with van der Waals surface area (Å²) < 4.78 is 5.48. The third kappa shape index (κ3) is 2.49. The standard InChI is InChI=1S/C12H15NOS/c1-9(2)13-7-12-11(3-5-14-12)10-4-6-15-8-10/h3-6,8-9,13H,7H2,1-2H3. The molecule has 0 unspecified atom stereocenters. The maximum atomic E-state index is 5.48. The molecule has 80 valence electrons. The topological polar surface area (TPSA) is 25.2 Å². The number of furan rings is 1. The molecule has 0 saturated carbocycles. The average Bonchev–Trinajstić information content (AvgIpc) is 2.85. The van der Waals surface area contributed by atoms with Crippen LogP contribution in [0.5, 0.6) is 0 Å². The van der Waals surface area contributed by atoms with E-state index in [2.05, 4.69) is 36.0 Å². The van der Waals surface area contributed by atoms with Gasteiger partial charge in [-0.1, -0.05) is 13.8 Å². The third-order valence-corrected chi connectivity index (χ3v) is 2.93. The van der Waals surface area contributed by atoms with Gasteiger partial charge in [0.2, 0.25) is 0 Å². The molecule has 0 aliphatic carbocycles. The van der Waals surface area contributed by atoms with Crippen LogP contribution in [0.25, 0.3) is 11.1 Å². The van der Waals surface area contributed by atoms with Gasteiger partial charge < -0.3 is 9.73 Å². The molecular formula is C12H15NOS. The number of rotatable bonds is 4. The van der Waals surface area contributed by atoms with Crippen molar-refractivity contribution in [3.63, 3.8) is 0 Å². The minimum absolute atomic E-state index is 0.477. The van der Waals surface area contributed by atoms with Crippen LogP contribution in [0.2, 0.25) is 0 Å². The van der Waals surface area contributed by atoms with Crippen LogP contribution in [-0.2, 0) is 6.54 Å². The molecule has 0 fully saturated rings. The maximum Gasteiger partial charge on any atom is 0.125 e. The van der Waals surface area contributed by atoms with E-state index in [4.69, 9.17) is 4.42 Å². The Kier molecular flexibility index (Phi) is 3.23. The summed E-state index contributed by atoms with van der Waals surface area (Å²) in [7, 11) is 0. The second-order valence-corrected chi connectivity index (χ2v) is 4.59. The fourth-order valence-corrected chi connectivity index (χ4v) is 2.11. The van der Waals surface area contributed by atoms with Crippen LogP contribution >= 0.6 is 11.3 Å². The molecule has 2 aromatic rings. The summed E-state index contributed by atoms with van der Waals surface area (Å²) >= 11 is 1.71. The fraction of sp³-hybridized carbons (Fsp3) is 0.333. The molecule has 3 heteroatoms. The Labute approximate surface area is 93.9 Å². The maximum absolute atomic E-state index is 5.48. The lowest BCUT2D eigenvalue weighted by Crippen LogP contribution is -2.21. The zero-order valence-corrected chi connectivity index (χ0v) is 9.80. The van der Waals surface area contributed by atoms with Crippen LogP contribution < -0.4 is 5.32 Å². The average molecular weight is 221 g/mol. The predicted molar refractivity (Wildman–Crippen MR) is 64.0 cm³/mol. The van der Waals surface area contributed by atoms with Gasteiger partial charge in [-0.3, -0.25) is 0 Å². The van der Waals surface area contributed by atoms with Gasteiger partial charge in [-0.05, 0) is 28.5 Å². The van der Waals surface area contributed by atoms with E-state index in [9.17, 15) is 0 Å². The van der Waals surface area contributed by atoms with E-state index in [1.807, 2.05) is 6.07 Å². The minimum atomic E-state index is 0.477. The molecule has 2 nitrogen and oxygen atoms in total. The molecule has 0 atom stereocenters. The molecule has 0 radical (unpaired) electrons. The van der Waals surface area contributed by atoms with Crippen molar-refractivity contribution in [1.29, 1.82) is 0 Å². The van der Waals surface area contributed by atoms with E-state index in [0.29, 0.717) is 6.04 Å². The van der Waals surface area contributed by atoms with Crippen LogP contribution in [0.15, 0.2) is 33.6 Å². The summed E-state index contributed by atoms with van der Waals surface area (Å²) in [6.07, 6.45) is 1.75. The highest BCUT2D eigenvalue weighted by Crippen LogP contribution is 2.26. The summed E-state index contributed by atoms with van der Waals surface area (Å²) in [6.45, 7) is 5.05. The lowest BCUT2D eigenvalue weighted by Gasteiger charge is -2.06. The summed E-state index contributed by atoms with van der Waals surface area (Å²) in [5.41, 5.74) is 2.44. The Morgan fingerprint density at radius 2 is 2.27 bits per heavy atom. The smallest absolute Gasteiger partial charge is 0.125 e. The first-order valence-electron chi connectivity index (χ1n) is 5.09. The highest BCUT2D eigenvalue weighted by molar-refractivity contribution is 7.08. The molecule has 0 aromatic carbocycles. The monoisotopic (exact) mass is 221 g/mol. The van der Waals surface area contributed by atoms with Crippen LogP contribution in [-0.4, -0.2) is 6.04 Å². The van der Waals surface area contributed by atoms with Crippen LogP contribution in [0.3, 0.4) is 0 Å². The van der Waals surface area contributed by atoms with E-state index in [-0.39, 0.29) is 0 Å². The molecule has 1 N–H and O–H groups in total. The van der Waals surface area contributed by atoms with E-state index >= 15 is 0 Å². The Bertz CT molecular complexity index is 403. The summed E-state index contributed by atoms with van der Waals surface area (Å²) in [4.78, 5) is 0. The lowest BCUT2D eigenvalue weighted by molar-refractivity contribution is 0.466. The van der Waals surface area contributed by atoms with E-state index < -0.39 is 0 Å². The molecule has 2 rings (SSSR count). The second-order valence-electron chi connectivity index (χ2n) is 3.81. The van der Waals surface area contributed by atoms with Gasteiger partial charge in [0.15, 0.2) is 0 Å². The quantitative estimate of drug-likeness (QED) is 0.854. The van der Waals surface area contributed by atoms with Crippen molar-refractivity contribution in [1.82, 2.24) is 5.32 Å². The van der Waals surface area contributed by atoms with Crippen LogP contribution in [0.4, 0.5) is 0 Å². The molecule has 0 bridgehead atoms. The van der Waals surface area contributed by atoms with Gasteiger partial charge in [0, 0.05) is 11.6 Å². The van der Waals surface area contributed by atoms with E-state index in [0.717, 1.165) is 12.3 Å². The molecule has 0 saturated heterocycles. The van der Waals surface area contributed by atoms with Crippen molar-refractivity contribution in [2.75, 3.05) is 0 Å². The summed E-state index contributed by atoms with van der Waals surface area (Å²) in [5.74, 6) is 1.02. The molecule has 0 aliphatic rings. The lowest BCUT2D eigenvalue weighted by atomic mass is 10.1. The summed E-state index contributed by atoms with van der Waals surface area (Å²) in [6, 6.07) is 4.62. The summed E-state index contributed by atoms with van der Waals surface area (Å²) in [5, 5.41) is 7.59. The van der Waals surface area contributed by atoms with Crippen molar-refractivity contribution < 1.29 is 4.42 Å². The first kappa shape index (κ1) is 10.5. The SMILES string of the molecule is CC(C)NCc1occc1-c1ccsc1. The second kappa shape index (κ2) is 4.64. The fourth-order valence-electron chi connectivity index (χ4n) is 1.45. The molecule has 15 heavy (non-hydrogen) atoms. The van der Waals surface area contributed by atoms with Gasteiger partial charge in [-0.15, -0.1) is 0 Å². The number of nitrogens with one attached hydrogen (secondary N) is 1. The first-order chi connectivity index (χ1) is 7.27. The molecule has 0 aliphatic heterocycles. The van der Waals surface area contributed by atoms with Gasteiger partial charge in [0.1, 0.15) is 5.76 Å².